The number of carbonyl (C=O) groups excluding carboxylic acids is 1. The minimum Gasteiger partial charge on any atom is -0.425 e. The van der Waals surface area contributed by atoms with E-state index in [0.29, 0.717) is 5.70 Å². The normalized spacial score (nSPS) is 31.4. The van der Waals surface area contributed by atoms with Gasteiger partial charge in [0.15, 0.2) is 5.03 Å². The topological polar surface area (TPSA) is 50.8 Å². The highest BCUT2D eigenvalue weighted by atomic mass is 35.5. The summed E-state index contributed by atoms with van der Waals surface area (Å²) >= 11 is 6.08. The first-order chi connectivity index (χ1) is 9.06. The van der Waals surface area contributed by atoms with Gasteiger partial charge in [-0.25, -0.2) is 4.79 Å². The number of rotatable bonds is 3. The zero-order valence-electron chi connectivity index (χ0n) is 11.0. The number of halogens is 1. The van der Waals surface area contributed by atoms with Crippen LogP contribution in [0.4, 0.5) is 0 Å². The molecule has 5 nitrogen and oxygen atoms in total. The molecule has 2 aliphatic rings. The van der Waals surface area contributed by atoms with Gasteiger partial charge in [-0.3, -0.25) is 0 Å². The maximum absolute atomic E-state index is 11.6. The van der Waals surface area contributed by atoms with Crippen LogP contribution < -0.4 is 5.32 Å². The van der Waals surface area contributed by atoms with Gasteiger partial charge in [-0.15, -0.1) is 6.42 Å². The first kappa shape index (κ1) is 14.2. The molecule has 0 aromatic rings. The summed E-state index contributed by atoms with van der Waals surface area (Å²) in [6.45, 7) is 5.81. The molecule has 0 radical (unpaired) electrons. The highest BCUT2D eigenvalue weighted by molar-refractivity contribution is 6.42. The van der Waals surface area contributed by atoms with Crippen molar-refractivity contribution in [3.63, 3.8) is 0 Å². The number of terminal acetylenes is 1. The van der Waals surface area contributed by atoms with E-state index in [4.69, 9.17) is 27.5 Å². The molecule has 2 heterocycles. The van der Waals surface area contributed by atoms with Crippen molar-refractivity contribution in [2.45, 2.75) is 32.2 Å². The van der Waals surface area contributed by atoms with Crippen LogP contribution >= 0.6 is 11.6 Å². The Morgan fingerprint density at radius 1 is 1.53 bits per heavy atom. The molecule has 1 saturated heterocycles. The van der Waals surface area contributed by atoms with Gasteiger partial charge in [0, 0.05) is 25.2 Å². The van der Waals surface area contributed by atoms with E-state index in [1.54, 1.807) is 0 Å². The number of piperazine rings is 1. The van der Waals surface area contributed by atoms with Crippen LogP contribution in [0.3, 0.4) is 0 Å². The fourth-order valence-corrected chi connectivity index (χ4v) is 2.72. The number of esters is 1. The van der Waals surface area contributed by atoms with Crippen LogP contribution in [0.1, 0.15) is 13.8 Å². The fraction of sp³-hybridized carbons (Fsp3) is 0.615. The van der Waals surface area contributed by atoms with Crippen LogP contribution in [0.15, 0.2) is 10.7 Å². The van der Waals surface area contributed by atoms with Crippen molar-refractivity contribution < 1.29 is 14.3 Å². The molecule has 19 heavy (non-hydrogen) atoms. The molecule has 0 amide bonds. The second-order valence-corrected chi connectivity index (χ2v) is 5.09. The third-order valence-electron chi connectivity index (χ3n) is 3.27. The van der Waals surface area contributed by atoms with Crippen molar-refractivity contribution in [3.05, 3.63) is 10.7 Å². The Bertz CT molecular complexity index is 434. The number of carbonyl (C=O) groups is 1. The Morgan fingerprint density at radius 2 is 2.16 bits per heavy atom. The lowest BCUT2D eigenvalue weighted by Crippen LogP contribution is -2.55. The molecule has 0 saturated carbocycles. The third kappa shape index (κ3) is 2.71. The van der Waals surface area contributed by atoms with Gasteiger partial charge in [-0.2, -0.15) is 0 Å². The first-order valence-corrected chi connectivity index (χ1v) is 6.58. The number of hydrogen-bond acceptors (Lipinski definition) is 5. The number of hydrogen-bond donors (Lipinski definition) is 1. The third-order valence-corrected chi connectivity index (χ3v) is 3.61. The summed E-state index contributed by atoms with van der Waals surface area (Å²) < 4.78 is 10.5. The molecule has 0 aliphatic carbocycles. The molecule has 0 aromatic carbocycles. The number of nitrogens with zero attached hydrogens (tertiary/aromatic N) is 1. The van der Waals surface area contributed by atoms with E-state index in [1.165, 1.54) is 0 Å². The fourth-order valence-electron chi connectivity index (χ4n) is 2.49. The van der Waals surface area contributed by atoms with Gasteiger partial charge in [-0.1, -0.05) is 17.5 Å². The monoisotopic (exact) mass is 284 g/mol. The van der Waals surface area contributed by atoms with E-state index in [1.807, 2.05) is 0 Å². The van der Waals surface area contributed by atoms with E-state index < -0.39 is 12.3 Å². The minimum absolute atomic E-state index is 0.0699. The van der Waals surface area contributed by atoms with Gasteiger partial charge in [0.05, 0.1) is 0 Å². The average molecular weight is 285 g/mol. The molecule has 0 spiro atoms. The Hall–Kier alpha value is -1.22. The van der Waals surface area contributed by atoms with Crippen LogP contribution in [-0.4, -0.2) is 48.9 Å². The van der Waals surface area contributed by atoms with E-state index in [0.717, 1.165) is 13.1 Å². The van der Waals surface area contributed by atoms with Gasteiger partial charge >= 0.3 is 5.97 Å². The van der Waals surface area contributed by atoms with Gasteiger partial charge in [0.2, 0.25) is 6.29 Å². The molecule has 6 heteroatoms. The predicted molar refractivity (Wildman–Crippen MR) is 71.2 cm³/mol. The summed E-state index contributed by atoms with van der Waals surface area (Å²) in [6.07, 6.45) is 4.36. The van der Waals surface area contributed by atoms with E-state index in [9.17, 15) is 4.79 Å². The highest BCUT2D eigenvalue weighted by Gasteiger charge is 2.41. The zero-order chi connectivity index (χ0) is 14.0. The van der Waals surface area contributed by atoms with E-state index in [-0.39, 0.29) is 23.7 Å². The van der Waals surface area contributed by atoms with Crippen LogP contribution in [0, 0.1) is 12.3 Å². The summed E-state index contributed by atoms with van der Waals surface area (Å²) in [5.41, 5.74) is 0.586. The molecule has 1 N–H and O–H groups in total. The molecule has 3 unspecified atom stereocenters. The number of nitrogens with one attached hydrogen (secondary N) is 1. The van der Waals surface area contributed by atoms with Crippen LogP contribution in [0.2, 0.25) is 0 Å². The molecule has 0 aromatic heterocycles. The molecular weight excluding hydrogens is 268 g/mol. The molecule has 2 aliphatic heterocycles. The summed E-state index contributed by atoms with van der Waals surface area (Å²) in [5.74, 6) is 1.80. The highest BCUT2D eigenvalue weighted by Crippen LogP contribution is 2.32. The SMILES string of the molecule is C#CCOC1OC(=O)C(Cl)=C1N1C(C)CNCC1C. The lowest BCUT2D eigenvalue weighted by Gasteiger charge is -2.42. The van der Waals surface area contributed by atoms with Gasteiger partial charge < -0.3 is 19.7 Å². The predicted octanol–water partition coefficient (Wildman–Crippen LogP) is 0.652. The average Bonchev–Trinajstić information content (AvgIpc) is 2.64. The molecule has 1 fully saturated rings. The maximum Gasteiger partial charge on any atom is 0.354 e. The summed E-state index contributed by atoms with van der Waals surface area (Å²) in [4.78, 5) is 13.7. The lowest BCUT2D eigenvalue weighted by molar-refractivity contribution is -0.160. The van der Waals surface area contributed by atoms with Crippen LogP contribution in [-0.2, 0) is 14.3 Å². The van der Waals surface area contributed by atoms with Crippen molar-refractivity contribution in [3.8, 4) is 12.3 Å². The van der Waals surface area contributed by atoms with Crippen molar-refractivity contribution in [2.75, 3.05) is 19.7 Å². The van der Waals surface area contributed by atoms with Crippen molar-refractivity contribution in [1.29, 1.82) is 0 Å². The zero-order valence-corrected chi connectivity index (χ0v) is 11.7. The smallest absolute Gasteiger partial charge is 0.354 e. The second kappa shape index (κ2) is 5.83. The molecule has 104 valence electrons. The molecule has 3 atom stereocenters. The largest absolute Gasteiger partial charge is 0.425 e. The van der Waals surface area contributed by atoms with Gasteiger partial charge in [0.1, 0.15) is 12.3 Å². The quantitative estimate of drug-likeness (QED) is 0.609. The number of ether oxygens (including phenoxy) is 2. The maximum atomic E-state index is 11.6. The molecular formula is C13H17ClN2O3. The van der Waals surface area contributed by atoms with Gasteiger partial charge in [0.25, 0.3) is 0 Å². The van der Waals surface area contributed by atoms with E-state index >= 15 is 0 Å². The lowest BCUT2D eigenvalue weighted by atomic mass is 10.1. The van der Waals surface area contributed by atoms with Crippen molar-refractivity contribution in [2.24, 2.45) is 0 Å². The number of cyclic esters (lactones) is 1. The van der Waals surface area contributed by atoms with Crippen molar-refractivity contribution in [1.82, 2.24) is 10.2 Å². The molecule has 0 bridgehead atoms. The Labute approximate surface area is 117 Å². The molecule has 2 rings (SSSR count). The van der Waals surface area contributed by atoms with Crippen LogP contribution in [0.25, 0.3) is 0 Å². The summed E-state index contributed by atoms with van der Waals surface area (Å²) in [5, 5.41) is 3.40. The Kier molecular flexibility index (Phi) is 4.35. The Morgan fingerprint density at radius 3 is 2.74 bits per heavy atom. The van der Waals surface area contributed by atoms with Gasteiger partial charge in [-0.05, 0) is 13.8 Å². The van der Waals surface area contributed by atoms with Crippen molar-refractivity contribution >= 4 is 17.6 Å². The first-order valence-electron chi connectivity index (χ1n) is 6.21. The summed E-state index contributed by atoms with van der Waals surface area (Å²) in [6, 6.07) is 0.387. The van der Waals surface area contributed by atoms with E-state index in [2.05, 4.69) is 30.0 Å². The Balaban J connectivity index is 2.27. The van der Waals surface area contributed by atoms with Crippen LogP contribution in [0.5, 0.6) is 0 Å². The minimum atomic E-state index is -0.806. The standard InChI is InChI=1S/C13H17ClN2O3/c1-4-5-18-13-11(10(14)12(17)19-13)16-8(2)6-15-7-9(16)3/h1,8-9,13,15H,5-7H2,2-3H3. The second-order valence-electron chi connectivity index (χ2n) is 4.72. The summed E-state index contributed by atoms with van der Waals surface area (Å²) in [7, 11) is 0.